The van der Waals surface area contributed by atoms with Crippen molar-refractivity contribution in [2.24, 2.45) is 0 Å². The third kappa shape index (κ3) is 3.65. The lowest BCUT2D eigenvalue weighted by Gasteiger charge is -2.20. The van der Waals surface area contributed by atoms with Crippen molar-refractivity contribution in [2.45, 2.75) is 12.8 Å². The monoisotopic (exact) mass is 326 g/mol. The molecule has 0 atom stereocenters. The van der Waals surface area contributed by atoms with Gasteiger partial charge >= 0.3 is 0 Å². The molecular formula is C18H18N2O4. The summed E-state index contributed by atoms with van der Waals surface area (Å²) in [6.07, 6.45) is 0.923. The molecular weight excluding hydrogens is 308 g/mol. The molecule has 24 heavy (non-hydrogen) atoms. The predicted molar refractivity (Wildman–Crippen MR) is 90.5 cm³/mol. The van der Waals surface area contributed by atoms with Crippen LogP contribution in [0.1, 0.15) is 12.0 Å². The van der Waals surface area contributed by atoms with E-state index in [2.05, 4.69) is 10.6 Å². The smallest absolute Gasteiger partial charge is 0.262 e. The van der Waals surface area contributed by atoms with Crippen LogP contribution in [0.25, 0.3) is 0 Å². The number of hydrogen-bond acceptors (Lipinski definition) is 4. The third-order valence-electron chi connectivity index (χ3n) is 3.70. The molecule has 0 aromatic heterocycles. The number of carbonyl (C=O) groups is 2. The zero-order chi connectivity index (χ0) is 16.9. The number of fused-ring (bicyclic) bond motifs is 1. The maximum atomic E-state index is 12.2. The highest BCUT2D eigenvalue weighted by Crippen LogP contribution is 2.34. The molecule has 2 aromatic rings. The molecule has 6 heteroatoms. The summed E-state index contributed by atoms with van der Waals surface area (Å²) in [5.41, 5.74) is 2.07. The van der Waals surface area contributed by atoms with Gasteiger partial charge in [0.1, 0.15) is 17.2 Å². The quantitative estimate of drug-likeness (QED) is 0.885. The molecule has 0 saturated heterocycles. The molecule has 0 saturated carbocycles. The molecule has 2 aromatic carbocycles. The van der Waals surface area contributed by atoms with Crippen molar-refractivity contribution in [1.82, 2.24) is 0 Å². The van der Waals surface area contributed by atoms with Gasteiger partial charge in [0.15, 0.2) is 6.61 Å². The Balaban J connectivity index is 1.64. The number of benzene rings is 2. The van der Waals surface area contributed by atoms with Gasteiger partial charge < -0.3 is 20.1 Å². The number of amides is 2. The number of hydrogen-bond donors (Lipinski definition) is 2. The number of nitrogens with one attached hydrogen (secondary N) is 2. The molecule has 1 aliphatic heterocycles. The van der Waals surface area contributed by atoms with E-state index < -0.39 is 0 Å². The molecule has 2 amide bonds. The molecule has 1 heterocycles. The van der Waals surface area contributed by atoms with Crippen LogP contribution in [0.5, 0.6) is 11.5 Å². The van der Waals surface area contributed by atoms with E-state index in [-0.39, 0.29) is 18.4 Å². The van der Waals surface area contributed by atoms with Crippen LogP contribution in [0, 0.1) is 0 Å². The molecule has 0 radical (unpaired) electrons. The van der Waals surface area contributed by atoms with Crippen LogP contribution in [0.3, 0.4) is 0 Å². The predicted octanol–water partition coefficient (Wildman–Crippen LogP) is 2.60. The van der Waals surface area contributed by atoms with Crippen LogP contribution in [0.2, 0.25) is 0 Å². The zero-order valence-electron chi connectivity index (χ0n) is 13.3. The molecule has 124 valence electrons. The van der Waals surface area contributed by atoms with Gasteiger partial charge in [-0.15, -0.1) is 0 Å². The summed E-state index contributed by atoms with van der Waals surface area (Å²) >= 11 is 0. The van der Waals surface area contributed by atoms with E-state index in [1.807, 2.05) is 24.3 Å². The first-order valence-electron chi connectivity index (χ1n) is 7.64. The Morgan fingerprint density at radius 2 is 2.12 bits per heavy atom. The van der Waals surface area contributed by atoms with Gasteiger partial charge in [-0.1, -0.05) is 18.2 Å². The number of rotatable bonds is 5. The number of carbonyl (C=O) groups excluding carboxylic acids is 2. The van der Waals surface area contributed by atoms with Crippen LogP contribution in [0.15, 0.2) is 42.5 Å². The Labute approximate surface area is 139 Å². The maximum Gasteiger partial charge on any atom is 0.262 e. The summed E-state index contributed by atoms with van der Waals surface area (Å²) in [5, 5.41) is 5.55. The average Bonchev–Trinajstić information content (AvgIpc) is 2.61. The second-order valence-electron chi connectivity index (χ2n) is 5.42. The van der Waals surface area contributed by atoms with E-state index in [1.54, 1.807) is 25.3 Å². The number of anilines is 2. The van der Waals surface area contributed by atoms with E-state index in [0.29, 0.717) is 30.0 Å². The van der Waals surface area contributed by atoms with Gasteiger partial charge in [0.05, 0.1) is 12.8 Å². The lowest BCUT2D eigenvalue weighted by atomic mass is 10.1. The van der Waals surface area contributed by atoms with Gasteiger partial charge in [0, 0.05) is 6.42 Å². The topological polar surface area (TPSA) is 76.7 Å². The van der Waals surface area contributed by atoms with Crippen molar-refractivity contribution in [3.8, 4) is 11.5 Å². The van der Waals surface area contributed by atoms with E-state index in [9.17, 15) is 9.59 Å². The van der Waals surface area contributed by atoms with Gasteiger partial charge in [-0.05, 0) is 36.2 Å². The molecule has 0 unspecified atom stereocenters. The fourth-order valence-corrected chi connectivity index (χ4v) is 2.50. The second-order valence-corrected chi connectivity index (χ2v) is 5.42. The van der Waals surface area contributed by atoms with Gasteiger partial charge in [0.25, 0.3) is 5.91 Å². The summed E-state index contributed by atoms with van der Waals surface area (Å²) in [5.74, 6) is 0.955. The van der Waals surface area contributed by atoms with Gasteiger partial charge in [-0.3, -0.25) is 9.59 Å². The average molecular weight is 326 g/mol. The van der Waals surface area contributed by atoms with Crippen molar-refractivity contribution in [3.63, 3.8) is 0 Å². The van der Waals surface area contributed by atoms with Crippen LogP contribution in [-0.2, 0) is 16.0 Å². The van der Waals surface area contributed by atoms with Crippen LogP contribution < -0.4 is 20.1 Å². The van der Waals surface area contributed by atoms with Crippen LogP contribution in [-0.4, -0.2) is 25.5 Å². The fraction of sp³-hybridized carbons (Fsp3) is 0.222. The van der Waals surface area contributed by atoms with Crippen molar-refractivity contribution >= 4 is 23.2 Å². The molecule has 0 fully saturated rings. The van der Waals surface area contributed by atoms with Crippen molar-refractivity contribution in [3.05, 3.63) is 48.0 Å². The summed E-state index contributed by atoms with van der Waals surface area (Å²) < 4.78 is 10.5. The first-order chi connectivity index (χ1) is 11.7. The molecule has 3 rings (SSSR count). The van der Waals surface area contributed by atoms with Crippen LogP contribution in [0.4, 0.5) is 11.4 Å². The van der Waals surface area contributed by atoms with E-state index in [0.717, 1.165) is 11.3 Å². The maximum absolute atomic E-state index is 12.2. The fourth-order valence-electron chi connectivity index (χ4n) is 2.50. The first kappa shape index (κ1) is 15.9. The van der Waals surface area contributed by atoms with E-state index in [1.165, 1.54) is 0 Å². The minimum Gasteiger partial charge on any atom is -0.497 e. The summed E-state index contributed by atoms with van der Waals surface area (Å²) in [6, 6.07) is 12.9. The SMILES string of the molecule is COc1cccc(CCC(=O)Nc2cccc3c2NC(=O)CO3)c1. The minimum absolute atomic E-state index is 0.0137. The van der Waals surface area contributed by atoms with E-state index >= 15 is 0 Å². The highest BCUT2D eigenvalue weighted by molar-refractivity contribution is 6.03. The molecule has 6 nitrogen and oxygen atoms in total. The van der Waals surface area contributed by atoms with Crippen molar-refractivity contribution < 1.29 is 19.1 Å². The van der Waals surface area contributed by atoms with Crippen molar-refractivity contribution in [1.29, 1.82) is 0 Å². The third-order valence-corrected chi connectivity index (χ3v) is 3.70. The Morgan fingerprint density at radius 1 is 1.29 bits per heavy atom. The normalized spacial score (nSPS) is 12.6. The lowest BCUT2D eigenvalue weighted by molar-refractivity contribution is -0.119. The highest BCUT2D eigenvalue weighted by atomic mass is 16.5. The Kier molecular flexibility index (Phi) is 4.65. The van der Waals surface area contributed by atoms with Gasteiger partial charge in [-0.25, -0.2) is 0 Å². The summed E-state index contributed by atoms with van der Waals surface area (Å²) in [6.45, 7) is -0.0137. The Bertz CT molecular complexity index is 773. The number of ether oxygens (including phenoxy) is 2. The molecule has 1 aliphatic rings. The molecule has 0 bridgehead atoms. The highest BCUT2D eigenvalue weighted by Gasteiger charge is 2.19. The number of para-hydroxylation sites is 1. The Morgan fingerprint density at radius 3 is 2.96 bits per heavy atom. The summed E-state index contributed by atoms with van der Waals surface area (Å²) in [7, 11) is 1.61. The second kappa shape index (κ2) is 7.04. The van der Waals surface area contributed by atoms with E-state index in [4.69, 9.17) is 9.47 Å². The van der Waals surface area contributed by atoms with Gasteiger partial charge in [-0.2, -0.15) is 0 Å². The minimum atomic E-state index is -0.236. The number of methoxy groups -OCH3 is 1. The molecule has 2 N–H and O–H groups in total. The largest absolute Gasteiger partial charge is 0.497 e. The standard InChI is InChI=1S/C18H18N2O4/c1-23-13-5-2-4-12(10-13)8-9-16(21)19-14-6-3-7-15-18(14)20-17(22)11-24-15/h2-7,10H,8-9,11H2,1H3,(H,19,21)(H,20,22). The molecule has 0 spiro atoms. The van der Waals surface area contributed by atoms with Crippen molar-refractivity contribution in [2.75, 3.05) is 24.4 Å². The van der Waals surface area contributed by atoms with Gasteiger partial charge in [0.2, 0.25) is 5.91 Å². The zero-order valence-corrected chi connectivity index (χ0v) is 13.3. The summed E-state index contributed by atoms with van der Waals surface area (Å²) in [4.78, 5) is 23.7. The lowest BCUT2D eigenvalue weighted by Crippen LogP contribution is -2.26. The molecule has 0 aliphatic carbocycles. The van der Waals surface area contributed by atoms with Crippen LogP contribution >= 0.6 is 0 Å². The number of aryl methyl sites for hydroxylation is 1. The first-order valence-corrected chi connectivity index (χ1v) is 7.64. The Hall–Kier alpha value is -3.02.